The van der Waals surface area contributed by atoms with Gasteiger partial charge >= 0.3 is 0 Å². The monoisotopic (exact) mass is 421 g/mol. The molecular weight excluding hydrogens is 398 g/mol. The molecule has 0 bridgehead atoms. The van der Waals surface area contributed by atoms with E-state index in [9.17, 15) is 18.0 Å². The molecule has 9 nitrogen and oxygen atoms in total. The second-order valence-electron chi connectivity index (χ2n) is 6.07. The molecule has 1 atom stereocenters. The van der Waals surface area contributed by atoms with Crippen LogP contribution >= 0.6 is 0 Å². The van der Waals surface area contributed by atoms with Crippen LogP contribution < -0.4 is 25.5 Å². The molecule has 0 fully saturated rings. The summed E-state index contributed by atoms with van der Waals surface area (Å²) in [5.41, 5.74) is 5.13. The van der Waals surface area contributed by atoms with Crippen LogP contribution in [0.1, 0.15) is 19.4 Å². The molecule has 0 aliphatic carbocycles. The van der Waals surface area contributed by atoms with E-state index in [-0.39, 0.29) is 11.3 Å². The maximum absolute atomic E-state index is 12.1. The minimum Gasteiger partial charge on any atom is -0.494 e. The van der Waals surface area contributed by atoms with E-state index in [2.05, 4.69) is 10.9 Å². The predicted molar refractivity (Wildman–Crippen MR) is 106 cm³/mol. The zero-order chi connectivity index (χ0) is 21.4. The molecule has 2 aromatic carbocycles. The molecule has 10 heteroatoms. The zero-order valence-corrected chi connectivity index (χ0v) is 16.9. The van der Waals surface area contributed by atoms with Crippen LogP contribution in [0.2, 0.25) is 0 Å². The smallest absolute Gasteiger partial charge is 0.279 e. The number of rotatable bonds is 8. The van der Waals surface area contributed by atoms with Gasteiger partial charge < -0.3 is 9.47 Å². The average molecular weight is 421 g/mol. The van der Waals surface area contributed by atoms with E-state index in [1.165, 1.54) is 24.3 Å². The molecule has 2 rings (SSSR count). The summed E-state index contributed by atoms with van der Waals surface area (Å²) < 4.78 is 33.3. The molecule has 156 valence electrons. The van der Waals surface area contributed by atoms with E-state index in [0.29, 0.717) is 23.7 Å². The first-order valence-electron chi connectivity index (χ1n) is 8.79. The SMILES string of the molecule is CCOc1ccc(OC(C)C(=O)NNC(=O)Cc2ccc(S(N)(=O)=O)cc2)cc1. The number of sulfonamides is 1. The van der Waals surface area contributed by atoms with Crippen molar-refractivity contribution in [3.63, 3.8) is 0 Å². The van der Waals surface area contributed by atoms with Crippen molar-refractivity contribution < 1.29 is 27.5 Å². The number of hydrogen-bond donors (Lipinski definition) is 3. The lowest BCUT2D eigenvalue weighted by atomic mass is 10.1. The van der Waals surface area contributed by atoms with Crippen molar-refractivity contribution >= 4 is 21.8 Å². The fraction of sp³-hybridized carbons (Fsp3) is 0.263. The third-order valence-corrected chi connectivity index (χ3v) is 4.69. The van der Waals surface area contributed by atoms with Crippen LogP contribution in [0.25, 0.3) is 0 Å². The minimum atomic E-state index is -3.79. The molecule has 0 radical (unpaired) electrons. The molecule has 0 spiro atoms. The molecule has 2 aromatic rings. The Morgan fingerprint density at radius 2 is 1.59 bits per heavy atom. The summed E-state index contributed by atoms with van der Waals surface area (Å²) in [6, 6.07) is 12.4. The van der Waals surface area contributed by atoms with E-state index < -0.39 is 27.9 Å². The van der Waals surface area contributed by atoms with Crippen LogP contribution in [0, 0.1) is 0 Å². The fourth-order valence-electron chi connectivity index (χ4n) is 2.30. The number of amides is 2. The number of primary sulfonamides is 1. The Labute approximate surface area is 169 Å². The molecule has 1 unspecified atom stereocenters. The molecule has 0 aliphatic heterocycles. The molecule has 0 aromatic heterocycles. The third-order valence-electron chi connectivity index (χ3n) is 3.76. The Hall–Kier alpha value is -3.11. The molecule has 2 amide bonds. The quantitative estimate of drug-likeness (QED) is 0.542. The van der Waals surface area contributed by atoms with Gasteiger partial charge in [-0.3, -0.25) is 20.4 Å². The van der Waals surface area contributed by atoms with Crippen molar-refractivity contribution in [2.45, 2.75) is 31.3 Å². The number of hydrazine groups is 1. The highest BCUT2D eigenvalue weighted by Gasteiger charge is 2.16. The summed E-state index contributed by atoms with van der Waals surface area (Å²) in [7, 11) is -3.79. The lowest BCUT2D eigenvalue weighted by Crippen LogP contribution is -2.47. The Kier molecular flexibility index (Phi) is 7.57. The zero-order valence-electron chi connectivity index (χ0n) is 16.0. The van der Waals surface area contributed by atoms with Gasteiger partial charge in [-0.25, -0.2) is 13.6 Å². The largest absolute Gasteiger partial charge is 0.494 e. The number of hydrogen-bond acceptors (Lipinski definition) is 6. The van der Waals surface area contributed by atoms with Crippen LogP contribution in [0.3, 0.4) is 0 Å². The van der Waals surface area contributed by atoms with Gasteiger partial charge in [0.1, 0.15) is 11.5 Å². The van der Waals surface area contributed by atoms with Gasteiger partial charge in [-0.05, 0) is 55.8 Å². The van der Waals surface area contributed by atoms with Crippen molar-refractivity contribution in [3.8, 4) is 11.5 Å². The Morgan fingerprint density at radius 1 is 1.00 bits per heavy atom. The summed E-state index contributed by atoms with van der Waals surface area (Å²) in [6.45, 7) is 3.98. The van der Waals surface area contributed by atoms with E-state index in [4.69, 9.17) is 14.6 Å². The normalized spacial score (nSPS) is 12.0. The van der Waals surface area contributed by atoms with E-state index in [1.807, 2.05) is 6.92 Å². The number of ether oxygens (including phenoxy) is 2. The van der Waals surface area contributed by atoms with Crippen LogP contribution in [-0.2, 0) is 26.0 Å². The van der Waals surface area contributed by atoms with Crippen molar-refractivity contribution in [1.82, 2.24) is 10.9 Å². The molecular formula is C19H23N3O6S. The number of benzene rings is 2. The topological polar surface area (TPSA) is 137 Å². The number of carbonyl (C=O) groups is 2. The highest BCUT2D eigenvalue weighted by atomic mass is 32.2. The average Bonchev–Trinajstić information content (AvgIpc) is 2.67. The van der Waals surface area contributed by atoms with Gasteiger partial charge in [0.05, 0.1) is 17.9 Å². The Morgan fingerprint density at radius 3 is 2.14 bits per heavy atom. The molecule has 29 heavy (non-hydrogen) atoms. The molecule has 0 saturated heterocycles. The summed E-state index contributed by atoms with van der Waals surface area (Å²) in [5.74, 6) is 0.172. The van der Waals surface area contributed by atoms with E-state index >= 15 is 0 Å². The minimum absolute atomic E-state index is 0.0461. The first kappa shape index (κ1) is 22.2. The van der Waals surface area contributed by atoms with Gasteiger partial charge in [0.15, 0.2) is 6.10 Å². The van der Waals surface area contributed by atoms with E-state index in [1.54, 1.807) is 31.2 Å². The van der Waals surface area contributed by atoms with Crippen LogP contribution in [-0.4, -0.2) is 32.9 Å². The van der Waals surface area contributed by atoms with Crippen molar-refractivity contribution in [3.05, 3.63) is 54.1 Å². The Balaban J connectivity index is 1.80. The third kappa shape index (κ3) is 7.09. The second kappa shape index (κ2) is 9.89. The van der Waals surface area contributed by atoms with Gasteiger partial charge in [0.25, 0.3) is 5.91 Å². The lowest BCUT2D eigenvalue weighted by Gasteiger charge is -2.15. The van der Waals surface area contributed by atoms with Crippen LogP contribution in [0.15, 0.2) is 53.4 Å². The molecule has 4 N–H and O–H groups in total. The van der Waals surface area contributed by atoms with Crippen molar-refractivity contribution in [1.29, 1.82) is 0 Å². The summed E-state index contributed by atoms with van der Waals surface area (Å²) in [4.78, 5) is 24.0. The van der Waals surface area contributed by atoms with Crippen LogP contribution in [0.4, 0.5) is 0 Å². The lowest BCUT2D eigenvalue weighted by molar-refractivity contribution is -0.132. The van der Waals surface area contributed by atoms with Gasteiger partial charge in [-0.1, -0.05) is 12.1 Å². The van der Waals surface area contributed by atoms with Gasteiger partial charge in [-0.15, -0.1) is 0 Å². The van der Waals surface area contributed by atoms with Crippen molar-refractivity contribution in [2.24, 2.45) is 5.14 Å². The highest BCUT2D eigenvalue weighted by molar-refractivity contribution is 7.89. The maximum atomic E-state index is 12.1. The van der Waals surface area contributed by atoms with Crippen LogP contribution in [0.5, 0.6) is 11.5 Å². The molecule has 0 saturated carbocycles. The first-order chi connectivity index (χ1) is 13.7. The summed E-state index contributed by atoms with van der Waals surface area (Å²) in [5, 5.41) is 5.02. The first-order valence-corrected chi connectivity index (χ1v) is 10.3. The number of nitrogens with two attached hydrogens (primary N) is 1. The van der Waals surface area contributed by atoms with E-state index in [0.717, 1.165) is 0 Å². The maximum Gasteiger partial charge on any atom is 0.279 e. The molecule has 0 heterocycles. The Bertz CT molecular complexity index is 943. The fourth-order valence-corrected chi connectivity index (χ4v) is 2.81. The van der Waals surface area contributed by atoms with Gasteiger partial charge in [-0.2, -0.15) is 0 Å². The highest BCUT2D eigenvalue weighted by Crippen LogP contribution is 2.18. The number of carbonyl (C=O) groups excluding carboxylic acids is 2. The number of nitrogens with one attached hydrogen (secondary N) is 2. The predicted octanol–water partition coefficient (Wildman–Crippen LogP) is 0.890. The van der Waals surface area contributed by atoms with Gasteiger partial charge in [0, 0.05) is 0 Å². The van der Waals surface area contributed by atoms with Crippen molar-refractivity contribution in [2.75, 3.05) is 6.61 Å². The molecule has 0 aliphatic rings. The van der Waals surface area contributed by atoms with Gasteiger partial charge in [0.2, 0.25) is 15.9 Å². The summed E-state index contributed by atoms with van der Waals surface area (Å²) >= 11 is 0. The second-order valence-corrected chi connectivity index (χ2v) is 7.63. The standard InChI is InChI=1S/C19H23N3O6S/c1-3-27-15-6-8-16(9-7-15)28-13(2)19(24)22-21-18(23)12-14-4-10-17(11-5-14)29(20,25)26/h4-11,13H,3,12H2,1-2H3,(H,21,23)(H,22,24)(H2,20,25,26). The summed E-state index contributed by atoms with van der Waals surface area (Å²) in [6.07, 6.45) is -0.901.